The zero-order valence-electron chi connectivity index (χ0n) is 15.9. The van der Waals surface area contributed by atoms with Crippen LogP contribution in [0.5, 0.6) is 0 Å². The topological polar surface area (TPSA) is 46.4 Å². The fourth-order valence-electron chi connectivity index (χ4n) is 6.11. The Labute approximate surface area is 178 Å². The minimum absolute atomic E-state index is 0.161. The van der Waals surface area contributed by atoms with E-state index in [9.17, 15) is 10.1 Å². The van der Waals surface area contributed by atoms with Crippen molar-refractivity contribution in [1.29, 1.82) is 0 Å². The summed E-state index contributed by atoms with van der Waals surface area (Å²) in [5.41, 5.74) is 5.62. The minimum Gasteiger partial charge on any atom is -0.363 e. The number of benzene rings is 2. The van der Waals surface area contributed by atoms with Gasteiger partial charge in [0.25, 0.3) is 5.69 Å². The number of non-ortho nitro benzene ring substituents is 1. The molecule has 6 rings (SSSR count). The summed E-state index contributed by atoms with van der Waals surface area (Å²) in [7, 11) is 0. The third kappa shape index (κ3) is 2.49. The first-order valence-corrected chi connectivity index (χ1v) is 11.1. The van der Waals surface area contributed by atoms with Crippen molar-refractivity contribution in [3.8, 4) is 0 Å². The van der Waals surface area contributed by atoms with Gasteiger partial charge in [-0.15, -0.1) is 0 Å². The molecule has 2 aliphatic carbocycles. The largest absolute Gasteiger partial charge is 0.363 e. The highest BCUT2D eigenvalue weighted by Crippen LogP contribution is 2.59. The summed E-state index contributed by atoms with van der Waals surface area (Å²) in [4.78, 5) is 13.5. The van der Waals surface area contributed by atoms with Crippen LogP contribution in [-0.4, -0.2) is 11.5 Å². The van der Waals surface area contributed by atoms with Gasteiger partial charge in [0, 0.05) is 40.7 Å². The van der Waals surface area contributed by atoms with Crippen LogP contribution in [0.2, 0.25) is 0 Å². The maximum absolute atomic E-state index is 11.1. The number of anilines is 1. The smallest absolute Gasteiger partial charge is 0.269 e. The van der Waals surface area contributed by atoms with Crippen LogP contribution in [0, 0.1) is 22.0 Å². The van der Waals surface area contributed by atoms with Gasteiger partial charge >= 0.3 is 0 Å². The number of rotatable bonds is 2. The highest BCUT2D eigenvalue weighted by Gasteiger charge is 2.47. The summed E-state index contributed by atoms with van der Waals surface area (Å²) in [6.07, 6.45) is 11.6. The quantitative estimate of drug-likeness (QED) is 0.309. The van der Waals surface area contributed by atoms with Crippen LogP contribution in [0.3, 0.4) is 0 Å². The highest BCUT2D eigenvalue weighted by molar-refractivity contribution is 9.10. The van der Waals surface area contributed by atoms with E-state index in [0.717, 1.165) is 19.4 Å². The molecule has 0 fully saturated rings. The Hall–Kier alpha value is -2.40. The average molecular weight is 449 g/mol. The molecule has 0 aromatic heterocycles. The Morgan fingerprint density at radius 3 is 2.45 bits per heavy atom. The van der Waals surface area contributed by atoms with Crippen molar-refractivity contribution < 1.29 is 4.92 Å². The Bertz CT molecular complexity index is 1060. The van der Waals surface area contributed by atoms with Gasteiger partial charge in [-0.2, -0.15) is 0 Å². The predicted octanol–water partition coefficient (Wildman–Crippen LogP) is 6.25. The van der Waals surface area contributed by atoms with E-state index in [-0.39, 0.29) is 16.7 Å². The van der Waals surface area contributed by atoms with Crippen LogP contribution in [0.4, 0.5) is 11.4 Å². The van der Waals surface area contributed by atoms with Crippen molar-refractivity contribution in [2.75, 3.05) is 11.4 Å². The molecule has 146 valence electrons. The van der Waals surface area contributed by atoms with E-state index in [1.807, 2.05) is 12.1 Å². The summed E-state index contributed by atoms with van der Waals surface area (Å²) >= 11 is 3.77. The summed E-state index contributed by atoms with van der Waals surface area (Å²) < 4.78 is 1.17. The number of hydrogen-bond donors (Lipinski definition) is 0. The van der Waals surface area contributed by atoms with Gasteiger partial charge in [-0.1, -0.05) is 52.4 Å². The van der Waals surface area contributed by atoms with Crippen LogP contribution in [0.15, 0.2) is 65.2 Å². The van der Waals surface area contributed by atoms with E-state index >= 15 is 0 Å². The van der Waals surface area contributed by atoms with E-state index in [1.165, 1.54) is 26.9 Å². The number of nitrogens with zero attached hydrogens (tertiary/aromatic N) is 2. The van der Waals surface area contributed by atoms with Gasteiger partial charge in [-0.3, -0.25) is 10.1 Å². The first kappa shape index (κ1) is 17.5. The van der Waals surface area contributed by atoms with E-state index in [1.54, 1.807) is 12.1 Å². The first-order valence-electron chi connectivity index (χ1n) is 10.3. The third-order valence-electron chi connectivity index (χ3n) is 7.26. The Morgan fingerprint density at radius 2 is 1.69 bits per heavy atom. The minimum atomic E-state index is -0.314. The monoisotopic (exact) mass is 448 g/mol. The van der Waals surface area contributed by atoms with Crippen LogP contribution in [0.25, 0.3) is 0 Å². The van der Waals surface area contributed by atoms with Gasteiger partial charge in [0.1, 0.15) is 0 Å². The molecule has 2 aliphatic heterocycles. The van der Waals surface area contributed by atoms with E-state index in [2.05, 4.69) is 57.3 Å². The molecule has 0 amide bonds. The molecule has 2 heterocycles. The zero-order valence-corrected chi connectivity index (χ0v) is 17.5. The van der Waals surface area contributed by atoms with E-state index in [4.69, 9.17) is 0 Å². The Kier molecular flexibility index (Phi) is 3.79. The van der Waals surface area contributed by atoms with Crippen molar-refractivity contribution in [3.05, 3.63) is 92.0 Å². The zero-order chi connectivity index (χ0) is 19.7. The van der Waals surface area contributed by atoms with Crippen LogP contribution < -0.4 is 4.90 Å². The van der Waals surface area contributed by atoms with Crippen molar-refractivity contribution in [1.82, 2.24) is 0 Å². The molecule has 0 saturated heterocycles. The Balaban J connectivity index is 1.54. The SMILES string of the molecule is O=[N+]([O-])c1ccc([C@@H]2[C@@H]3CC=C[C@@H]3c3cc(Br)cc4c3N2C[C@H]2CC=C[C@@H]42)cc1. The molecule has 29 heavy (non-hydrogen) atoms. The number of nitro benzene ring substituents is 1. The molecule has 4 nitrogen and oxygen atoms in total. The van der Waals surface area contributed by atoms with Crippen molar-refractivity contribution in [3.63, 3.8) is 0 Å². The van der Waals surface area contributed by atoms with Crippen molar-refractivity contribution >= 4 is 27.3 Å². The molecule has 4 aliphatic rings. The third-order valence-corrected chi connectivity index (χ3v) is 7.72. The second kappa shape index (κ2) is 6.30. The van der Waals surface area contributed by atoms with Gasteiger partial charge in [0.15, 0.2) is 0 Å². The normalized spacial score (nSPS) is 30.8. The first-order chi connectivity index (χ1) is 14.1. The number of halogens is 1. The second-order valence-electron chi connectivity index (χ2n) is 8.68. The summed E-state index contributed by atoms with van der Waals surface area (Å²) in [6.45, 7) is 1.05. The molecule has 0 spiro atoms. The molecule has 2 aromatic rings. The van der Waals surface area contributed by atoms with Crippen molar-refractivity contribution in [2.24, 2.45) is 11.8 Å². The molecule has 5 heteroatoms. The highest BCUT2D eigenvalue weighted by atomic mass is 79.9. The lowest BCUT2D eigenvalue weighted by Crippen LogP contribution is -2.46. The number of nitro groups is 1. The molecular weight excluding hydrogens is 428 g/mol. The fraction of sp³-hybridized carbons (Fsp3) is 0.333. The number of hydrogen-bond acceptors (Lipinski definition) is 3. The van der Waals surface area contributed by atoms with Gasteiger partial charge < -0.3 is 4.90 Å². The standard InChI is InChI=1S/C24H21BrN2O2/c25-16-11-21-18-4-1-3-15(18)13-26-23(14-7-9-17(10-8-14)27(28)29)20-6-2-5-19(20)22(12-16)24(21)26/h1-2,4-5,7-12,15,18-20,23H,3,6,13H2/t15-,18-,19+,20-,23-/m1/s1. The Morgan fingerprint density at radius 1 is 1.00 bits per heavy atom. The van der Waals surface area contributed by atoms with Crippen LogP contribution in [0.1, 0.15) is 47.4 Å². The van der Waals surface area contributed by atoms with Crippen LogP contribution in [-0.2, 0) is 0 Å². The second-order valence-corrected chi connectivity index (χ2v) is 9.60. The molecule has 0 saturated carbocycles. The number of fused-ring (bicyclic) bond motifs is 4. The fourth-order valence-corrected chi connectivity index (χ4v) is 6.60. The molecule has 0 radical (unpaired) electrons. The van der Waals surface area contributed by atoms with E-state index in [0.29, 0.717) is 23.7 Å². The van der Waals surface area contributed by atoms with Gasteiger partial charge in [0.05, 0.1) is 11.0 Å². The molecule has 0 unspecified atom stereocenters. The van der Waals surface area contributed by atoms with Gasteiger partial charge in [-0.05, 0) is 53.5 Å². The summed E-state index contributed by atoms with van der Waals surface area (Å²) in [5.74, 6) is 1.98. The molecule has 0 bridgehead atoms. The lowest BCUT2D eigenvalue weighted by atomic mass is 9.71. The lowest BCUT2D eigenvalue weighted by Gasteiger charge is -2.51. The van der Waals surface area contributed by atoms with E-state index < -0.39 is 0 Å². The number of allylic oxidation sites excluding steroid dienone is 4. The van der Waals surface area contributed by atoms with Crippen molar-refractivity contribution in [2.45, 2.75) is 30.7 Å². The molecule has 5 atom stereocenters. The maximum Gasteiger partial charge on any atom is 0.269 e. The maximum atomic E-state index is 11.1. The predicted molar refractivity (Wildman–Crippen MR) is 117 cm³/mol. The summed E-state index contributed by atoms with van der Waals surface area (Å²) in [6, 6.07) is 12.1. The average Bonchev–Trinajstić information content (AvgIpc) is 3.37. The lowest BCUT2D eigenvalue weighted by molar-refractivity contribution is -0.384. The molecule has 2 aromatic carbocycles. The van der Waals surface area contributed by atoms with Gasteiger partial charge in [0.2, 0.25) is 0 Å². The van der Waals surface area contributed by atoms with Gasteiger partial charge in [-0.25, -0.2) is 0 Å². The summed E-state index contributed by atoms with van der Waals surface area (Å²) in [5, 5.41) is 11.1. The molecular formula is C24H21BrN2O2. The molecule has 0 N–H and O–H groups in total. The van der Waals surface area contributed by atoms with Crippen LogP contribution >= 0.6 is 15.9 Å².